The summed E-state index contributed by atoms with van der Waals surface area (Å²) in [4.78, 5) is 0.0344. The lowest BCUT2D eigenvalue weighted by atomic mass is 10.1. The van der Waals surface area contributed by atoms with Crippen molar-refractivity contribution in [2.24, 2.45) is 0 Å². The second-order valence-corrected chi connectivity index (χ2v) is 8.83. The Hall–Kier alpha value is -2.57. The molecule has 0 fully saturated rings. The number of ether oxygens (including phenoxy) is 1. The monoisotopic (exact) mass is 433 g/mol. The highest BCUT2D eigenvalue weighted by Crippen LogP contribution is 2.35. The molecule has 3 rings (SSSR count). The van der Waals surface area contributed by atoms with E-state index in [1.165, 1.54) is 29.6 Å². The van der Waals surface area contributed by atoms with E-state index in [0.717, 1.165) is 5.56 Å². The van der Waals surface area contributed by atoms with Crippen LogP contribution in [0.2, 0.25) is 5.02 Å². The molecule has 0 radical (unpaired) electrons. The van der Waals surface area contributed by atoms with Crippen LogP contribution in [0.25, 0.3) is 0 Å². The number of anilines is 1. The Kier molecular flexibility index (Phi) is 6.15. The number of rotatable bonds is 6. The van der Waals surface area contributed by atoms with Gasteiger partial charge in [-0.1, -0.05) is 35.9 Å². The Labute approximate surface area is 175 Å². The number of sulfonamides is 1. The van der Waals surface area contributed by atoms with Gasteiger partial charge in [-0.15, -0.1) is 0 Å². The lowest BCUT2D eigenvalue weighted by Gasteiger charge is -2.31. The third-order valence-electron chi connectivity index (χ3n) is 4.73. The molecule has 0 N–H and O–H groups in total. The molecule has 0 saturated carbocycles. The first-order valence-corrected chi connectivity index (χ1v) is 10.8. The van der Waals surface area contributed by atoms with Crippen molar-refractivity contribution in [3.8, 4) is 5.75 Å². The SMILES string of the molecule is COc1ccc(N([C@@H](C)c2ccccc2F)S(=O)(=O)c2ccc(C)c(Cl)c2)cc1. The first-order valence-electron chi connectivity index (χ1n) is 8.94. The summed E-state index contributed by atoms with van der Waals surface area (Å²) in [5.74, 6) is 0.110. The minimum atomic E-state index is -4.04. The molecule has 3 aromatic carbocycles. The standard InChI is InChI=1S/C22H21ClFNO3S/c1-15-8-13-19(14-21(15)23)29(26,27)25(17-9-11-18(28-3)12-10-17)16(2)20-6-4-5-7-22(20)24/h4-14,16H,1-3H3/t16-/m0/s1. The Bertz CT molecular complexity index is 1120. The lowest BCUT2D eigenvalue weighted by Crippen LogP contribution is -2.34. The normalized spacial score (nSPS) is 12.4. The smallest absolute Gasteiger partial charge is 0.264 e. The van der Waals surface area contributed by atoms with E-state index in [0.29, 0.717) is 16.5 Å². The minimum Gasteiger partial charge on any atom is -0.497 e. The summed E-state index contributed by atoms with van der Waals surface area (Å²) in [6, 6.07) is 16.5. The van der Waals surface area contributed by atoms with Gasteiger partial charge in [0.15, 0.2) is 0 Å². The molecule has 0 bridgehead atoms. The van der Waals surface area contributed by atoms with Gasteiger partial charge in [0.25, 0.3) is 10.0 Å². The van der Waals surface area contributed by atoms with Crippen LogP contribution in [-0.2, 0) is 10.0 Å². The van der Waals surface area contributed by atoms with E-state index in [2.05, 4.69) is 0 Å². The van der Waals surface area contributed by atoms with Gasteiger partial charge in [0.05, 0.1) is 23.7 Å². The summed E-state index contributed by atoms with van der Waals surface area (Å²) in [6.45, 7) is 3.44. The molecule has 7 heteroatoms. The maximum Gasteiger partial charge on any atom is 0.264 e. The van der Waals surface area contributed by atoms with E-state index in [9.17, 15) is 12.8 Å². The van der Waals surface area contributed by atoms with Crippen LogP contribution in [0.5, 0.6) is 5.75 Å². The highest BCUT2D eigenvalue weighted by molar-refractivity contribution is 7.92. The molecule has 152 valence electrons. The van der Waals surface area contributed by atoms with Crippen LogP contribution in [0.3, 0.4) is 0 Å². The van der Waals surface area contributed by atoms with Crippen molar-refractivity contribution in [1.29, 1.82) is 0 Å². The van der Waals surface area contributed by atoms with Crippen molar-refractivity contribution in [3.63, 3.8) is 0 Å². The summed E-state index contributed by atoms with van der Waals surface area (Å²) in [5.41, 5.74) is 1.42. The van der Waals surface area contributed by atoms with Crippen LogP contribution < -0.4 is 9.04 Å². The molecule has 0 aliphatic heterocycles. The molecule has 4 nitrogen and oxygen atoms in total. The summed E-state index contributed by atoms with van der Waals surface area (Å²) < 4.78 is 48.0. The van der Waals surface area contributed by atoms with E-state index in [1.807, 2.05) is 0 Å². The summed E-state index contributed by atoms with van der Waals surface area (Å²) in [6.07, 6.45) is 0. The zero-order chi connectivity index (χ0) is 21.2. The molecule has 1 atom stereocenters. The molecule has 0 amide bonds. The van der Waals surface area contributed by atoms with Crippen LogP contribution >= 0.6 is 11.6 Å². The third kappa shape index (κ3) is 4.23. The summed E-state index contributed by atoms with van der Waals surface area (Å²) >= 11 is 6.17. The van der Waals surface area contributed by atoms with Crippen molar-refractivity contribution in [2.45, 2.75) is 24.8 Å². The quantitative estimate of drug-likeness (QED) is 0.497. The fourth-order valence-electron chi connectivity index (χ4n) is 3.09. The van der Waals surface area contributed by atoms with E-state index < -0.39 is 21.9 Å². The average Bonchev–Trinajstić information content (AvgIpc) is 2.70. The number of aryl methyl sites for hydroxylation is 1. The number of benzene rings is 3. The molecule has 0 aliphatic rings. The molecule has 0 aromatic heterocycles. The van der Waals surface area contributed by atoms with Gasteiger partial charge in [-0.2, -0.15) is 0 Å². The molecule has 0 unspecified atom stereocenters. The topological polar surface area (TPSA) is 46.6 Å². The van der Waals surface area contributed by atoms with Crippen molar-refractivity contribution in [3.05, 3.63) is 88.7 Å². The van der Waals surface area contributed by atoms with Gasteiger partial charge in [-0.25, -0.2) is 12.8 Å². The highest BCUT2D eigenvalue weighted by atomic mass is 35.5. The van der Waals surface area contributed by atoms with Gasteiger partial charge in [-0.05, 0) is 61.9 Å². The molecular weight excluding hydrogens is 413 g/mol. The van der Waals surface area contributed by atoms with Crippen LogP contribution in [0, 0.1) is 12.7 Å². The van der Waals surface area contributed by atoms with Crippen LogP contribution in [-0.4, -0.2) is 15.5 Å². The maximum atomic E-state index is 14.5. The number of halogens is 2. The van der Waals surface area contributed by atoms with Crippen LogP contribution in [0.15, 0.2) is 71.6 Å². The molecule has 0 saturated heterocycles. The third-order valence-corrected chi connectivity index (χ3v) is 7.04. The van der Waals surface area contributed by atoms with Crippen molar-refractivity contribution in [2.75, 3.05) is 11.4 Å². The Morgan fingerprint density at radius 1 is 1.03 bits per heavy atom. The maximum absolute atomic E-state index is 14.5. The zero-order valence-corrected chi connectivity index (χ0v) is 17.8. The molecular formula is C22H21ClFNO3S. The fraction of sp³-hybridized carbons (Fsp3) is 0.182. The summed E-state index contributed by atoms with van der Waals surface area (Å²) in [7, 11) is -2.51. The number of hydrogen-bond acceptors (Lipinski definition) is 3. The van der Waals surface area contributed by atoms with Crippen LogP contribution in [0.4, 0.5) is 10.1 Å². The van der Waals surface area contributed by atoms with E-state index >= 15 is 0 Å². The fourth-order valence-corrected chi connectivity index (χ4v) is 5.00. The lowest BCUT2D eigenvalue weighted by molar-refractivity contribution is 0.415. The predicted molar refractivity (Wildman–Crippen MR) is 114 cm³/mol. The molecule has 0 heterocycles. The first kappa shape index (κ1) is 21.1. The second-order valence-electron chi connectivity index (χ2n) is 6.61. The molecule has 3 aromatic rings. The second kappa shape index (κ2) is 8.43. The van der Waals surface area contributed by atoms with Gasteiger partial charge in [-0.3, -0.25) is 4.31 Å². The Morgan fingerprint density at radius 3 is 2.28 bits per heavy atom. The highest BCUT2D eigenvalue weighted by Gasteiger charge is 2.32. The summed E-state index contributed by atoms with van der Waals surface area (Å²) in [5, 5.41) is 0.347. The Balaban J connectivity index is 2.18. The van der Waals surface area contributed by atoms with Gasteiger partial charge < -0.3 is 4.74 Å². The van der Waals surface area contributed by atoms with E-state index in [4.69, 9.17) is 16.3 Å². The minimum absolute atomic E-state index is 0.0344. The van der Waals surface area contributed by atoms with Crippen molar-refractivity contribution < 1.29 is 17.5 Å². The molecule has 0 aliphatic carbocycles. The van der Waals surface area contributed by atoms with Crippen molar-refractivity contribution >= 4 is 27.3 Å². The first-order chi connectivity index (χ1) is 13.8. The zero-order valence-electron chi connectivity index (χ0n) is 16.3. The van der Waals surface area contributed by atoms with Crippen LogP contribution in [0.1, 0.15) is 24.1 Å². The van der Waals surface area contributed by atoms with Gasteiger partial charge in [0, 0.05) is 10.6 Å². The van der Waals surface area contributed by atoms with Gasteiger partial charge in [0.2, 0.25) is 0 Å². The van der Waals surface area contributed by atoms with Gasteiger partial charge >= 0.3 is 0 Å². The number of nitrogens with zero attached hydrogens (tertiary/aromatic N) is 1. The van der Waals surface area contributed by atoms with Gasteiger partial charge in [0.1, 0.15) is 11.6 Å². The van der Waals surface area contributed by atoms with E-state index in [1.54, 1.807) is 62.4 Å². The number of methoxy groups -OCH3 is 1. The largest absolute Gasteiger partial charge is 0.497 e. The van der Waals surface area contributed by atoms with Crippen molar-refractivity contribution in [1.82, 2.24) is 0 Å². The molecule has 29 heavy (non-hydrogen) atoms. The van der Waals surface area contributed by atoms with E-state index in [-0.39, 0.29) is 10.5 Å². The molecule has 0 spiro atoms. The Morgan fingerprint density at radius 2 is 1.69 bits per heavy atom. The predicted octanol–water partition coefficient (Wildman–Crippen LogP) is 5.75. The average molecular weight is 434 g/mol. The number of hydrogen-bond donors (Lipinski definition) is 0.